The van der Waals surface area contributed by atoms with E-state index in [9.17, 15) is 4.79 Å². The second-order valence-electron chi connectivity index (χ2n) is 3.00. The fourth-order valence-corrected chi connectivity index (χ4v) is 1.42. The highest BCUT2D eigenvalue weighted by Crippen LogP contribution is 2.20. The Hall–Kier alpha value is -0.870. The van der Waals surface area contributed by atoms with Crippen LogP contribution in [0.25, 0.3) is 0 Å². The average molecular weight is 185 g/mol. The first-order chi connectivity index (χ1) is 6.25. The molecule has 1 fully saturated rings. The van der Waals surface area contributed by atoms with Gasteiger partial charge in [-0.05, 0) is 0 Å². The van der Waals surface area contributed by atoms with E-state index in [0.29, 0.717) is 19.6 Å². The SMILES string of the molecule is C=CCC1(C(=O)OC)CNCCO1. The molecule has 1 N–H and O–H groups in total. The molecule has 1 aliphatic rings. The number of methoxy groups -OCH3 is 1. The minimum atomic E-state index is -0.852. The van der Waals surface area contributed by atoms with Crippen molar-refractivity contribution < 1.29 is 14.3 Å². The van der Waals surface area contributed by atoms with Gasteiger partial charge in [-0.15, -0.1) is 6.58 Å². The molecule has 0 aromatic heterocycles. The molecule has 0 saturated carbocycles. The molecule has 1 aliphatic heterocycles. The van der Waals surface area contributed by atoms with Crippen LogP contribution < -0.4 is 5.32 Å². The number of carbonyl (C=O) groups is 1. The lowest BCUT2D eigenvalue weighted by atomic mass is 9.98. The maximum Gasteiger partial charge on any atom is 0.339 e. The Morgan fingerprint density at radius 2 is 2.62 bits per heavy atom. The van der Waals surface area contributed by atoms with Gasteiger partial charge in [-0.1, -0.05) is 6.08 Å². The summed E-state index contributed by atoms with van der Waals surface area (Å²) in [6.45, 7) is 5.40. The topological polar surface area (TPSA) is 47.6 Å². The summed E-state index contributed by atoms with van der Waals surface area (Å²) in [4.78, 5) is 11.4. The van der Waals surface area contributed by atoms with Crippen LogP contribution in [0.3, 0.4) is 0 Å². The molecule has 0 radical (unpaired) electrons. The Morgan fingerprint density at radius 3 is 3.08 bits per heavy atom. The highest BCUT2D eigenvalue weighted by Gasteiger charge is 2.41. The molecule has 1 saturated heterocycles. The van der Waals surface area contributed by atoms with E-state index in [0.717, 1.165) is 6.54 Å². The molecule has 13 heavy (non-hydrogen) atoms. The quantitative estimate of drug-likeness (QED) is 0.500. The second kappa shape index (κ2) is 4.39. The number of morpholine rings is 1. The predicted octanol–water partition coefficient (Wildman–Crippen LogP) is 0.0941. The normalized spacial score (nSPS) is 28.1. The number of nitrogens with one attached hydrogen (secondary N) is 1. The Morgan fingerprint density at radius 1 is 1.85 bits per heavy atom. The first-order valence-electron chi connectivity index (χ1n) is 4.29. The molecule has 1 atom stereocenters. The van der Waals surface area contributed by atoms with Crippen molar-refractivity contribution in [2.75, 3.05) is 26.8 Å². The van der Waals surface area contributed by atoms with Gasteiger partial charge in [0.25, 0.3) is 0 Å². The lowest BCUT2D eigenvalue weighted by Gasteiger charge is -2.34. The van der Waals surface area contributed by atoms with Crippen LogP contribution in [-0.2, 0) is 14.3 Å². The summed E-state index contributed by atoms with van der Waals surface area (Å²) in [6.07, 6.45) is 2.15. The third-order valence-electron chi connectivity index (χ3n) is 2.10. The van der Waals surface area contributed by atoms with Crippen LogP contribution in [0, 0.1) is 0 Å². The highest BCUT2D eigenvalue weighted by atomic mass is 16.6. The summed E-state index contributed by atoms with van der Waals surface area (Å²) in [5.74, 6) is -0.334. The van der Waals surface area contributed by atoms with Gasteiger partial charge in [0.2, 0.25) is 0 Å². The zero-order valence-electron chi connectivity index (χ0n) is 7.84. The van der Waals surface area contributed by atoms with E-state index < -0.39 is 5.60 Å². The second-order valence-corrected chi connectivity index (χ2v) is 3.00. The van der Waals surface area contributed by atoms with Gasteiger partial charge in [-0.3, -0.25) is 0 Å². The van der Waals surface area contributed by atoms with Crippen molar-refractivity contribution in [1.82, 2.24) is 5.32 Å². The van der Waals surface area contributed by atoms with Crippen LogP contribution in [0.4, 0.5) is 0 Å². The molecule has 0 spiro atoms. The molecule has 1 rings (SSSR count). The lowest BCUT2D eigenvalue weighted by Crippen LogP contribution is -2.55. The summed E-state index contributed by atoms with van der Waals surface area (Å²) < 4.78 is 10.1. The smallest absolute Gasteiger partial charge is 0.339 e. The lowest BCUT2D eigenvalue weighted by molar-refractivity contribution is -0.172. The first-order valence-corrected chi connectivity index (χ1v) is 4.29. The maximum absolute atomic E-state index is 11.4. The monoisotopic (exact) mass is 185 g/mol. The van der Waals surface area contributed by atoms with E-state index in [4.69, 9.17) is 9.47 Å². The van der Waals surface area contributed by atoms with Gasteiger partial charge in [0.05, 0.1) is 13.7 Å². The number of ether oxygens (including phenoxy) is 2. The summed E-state index contributed by atoms with van der Waals surface area (Å²) in [6, 6.07) is 0. The Bertz CT molecular complexity index is 197. The van der Waals surface area contributed by atoms with E-state index in [1.165, 1.54) is 7.11 Å². The Labute approximate surface area is 77.9 Å². The van der Waals surface area contributed by atoms with E-state index >= 15 is 0 Å². The van der Waals surface area contributed by atoms with E-state index in [1.807, 2.05) is 0 Å². The summed E-state index contributed by atoms with van der Waals surface area (Å²) in [7, 11) is 1.37. The molecular formula is C9H15NO3. The highest BCUT2D eigenvalue weighted by molar-refractivity contribution is 5.80. The van der Waals surface area contributed by atoms with Crippen molar-refractivity contribution in [3.63, 3.8) is 0 Å². The molecular weight excluding hydrogens is 170 g/mol. The molecule has 4 heteroatoms. The fourth-order valence-electron chi connectivity index (χ4n) is 1.42. The van der Waals surface area contributed by atoms with Crippen LogP contribution in [0.5, 0.6) is 0 Å². The van der Waals surface area contributed by atoms with Crippen LogP contribution >= 0.6 is 0 Å². The van der Waals surface area contributed by atoms with Gasteiger partial charge in [-0.25, -0.2) is 4.79 Å². The molecule has 0 aromatic carbocycles. The molecule has 1 unspecified atom stereocenters. The first kappa shape index (κ1) is 10.2. The number of esters is 1. The molecule has 74 valence electrons. The van der Waals surface area contributed by atoms with Crippen LogP contribution in [0.15, 0.2) is 12.7 Å². The number of rotatable bonds is 3. The minimum Gasteiger partial charge on any atom is -0.467 e. The zero-order chi connectivity index (χ0) is 9.73. The zero-order valence-corrected chi connectivity index (χ0v) is 7.84. The third kappa shape index (κ3) is 2.08. The summed E-state index contributed by atoms with van der Waals surface area (Å²) >= 11 is 0. The molecule has 0 aliphatic carbocycles. The summed E-state index contributed by atoms with van der Waals surface area (Å²) in [5.41, 5.74) is -0.852. The third-order valence-corrected chi connectivity index (χ3v) is 2.10. The number of hydrogen-bond acceptors (Lipinski definition) is 4. The summed E-state index contributed by atoms with van der Waals surface area (Å²) in [5, 5.41) is 3.10. The van der Waals surface area contributed by atoms with E-state index in [-0.39, 0.29) is 5.97 Å². The van der Waals surface area contributed by atoms with Crippen molar-refractivity contribution in [3.8, 4) is 0 Å². The van der Waals surface area contributed by atoms with Crippen molar-refractivity contribution >= 4 is 5.97 Å². The van der Waals surface area contributed by atoms with Crippen molar-refractivity contribution in [2.24, 2.45) is 0 Å². The van der Waals surface area contributed by atoms with Crippen molar-refractivity contribution in [2.45, 2.75) is 12.0 Å². The number of hydrogen-bond donors (Lipinski definition) is 1. The number of carbonyl (C=O) groups excluding carboxylic acids is 1. The standard InChI is InChI=1S/C9H15NO3/c1-3-4-9(8(11)12-2)7-10-5-6-13-9/h3,10H,1,4-7H2,2H3. The fraction of sp³-hybridized carbons (Fsp3) is 0.667. The van der Waals surface area contributed by atoms with Crippen LogP contribution in [0.1, 0.15) is 6.42 Å². The van der Waals surface area contributed by atoms with Crippen LogP contribution in [0.2, 0.25) is 0 Å². The average Bonchev–Trinajstić information content (AvgIpc) is 2.18. The van der Waals surface area contributed by atoms with Gasteiger partial charge < -0.3 is 14.8 Å². The molecule has 4 nitrogen and oxygen atoms in total. The minimum absolute atomic E-state index is 0.334. The molecule has 0 aromatic rings. The van der Waals surface area contributed by atoms with E-state index in [2.05, 4.69) is 11.9 Å². The molecule has 0 bridgehead atoms. The van der Waals surface area contributed by atoms with Crippen molar-refractivity contribution in [1.29, 1.82) is 0 Å². The van der Waals surface area contributed by atoms with Crippen molar-refractivity contribution in [3.05, 3.63) is 12.7 Å². The van der Waals surface area contributed by atoms with Gasteiger partial charge in [-0.2, -0.15) is 0 Å². The van der Waals surface area contributed by atoms with Gasteiger partial charge in [0, 0.05) is 19.5 Å². The molecule has 1 heterocycles. The van der Waals surface area contributed by atoms with E-state index in [1.54, 1.807) is 6.08 Å². The van der Waals surface area contributed by atoms with Gasteiger partial charge in [0.15, 0.2) is 5.60 Å². The van der Waals surface area contributed by atoms with Crippen LogP contribution in [-0.4, -0.2) is 38.4 Å². The molecule has 0 amide bonds. The Balaban J connectivity index is 2.71. The van der Waals surface area contributed by atoms with Gasteiger partial charge >= 0.3 is 5.97 Å². The largest absolute Gasteiger partial charge is 0.467 e. The van der Waals surface area contributed by atoms with Gasteiger partial charge in [0.1, 0.15) is 0 Å². The Kier molecular flexibility index (Phi) is 3.45. The maximum atomic E-state index is 11.4. The predicted molar refractivity (Wildman–Crippen MR) is 48.4 cm³/mol.